The Kier molecular flexibility index (Phi) is 6.45. The smallest absolute Gasteiger partial charge is 0.258 e. The number of ether oxygens (including phenoxy) is 1. The van der Waals surface area contributed by atoms with Crippen LogP contribution in [0.15, 0.2) is 24.3 Å². The molecule has 5 heteroatoms. The van der Waals surface area contributed by atoms with Gasteiger partial charge in [-0.25, -0.2) is 0 Å². The van der Waals surface area contributed by atoms with Gasteiger partial charge in [0, 0.05) is 25.6 Å². The molecule has 2 rings (SSSR count). The highest BCUT2D eigenvalue weighted by Crippen LogP contribution is 2.21. The van der Waals surface area contributed by atoms with Crippen LogP contribution in [-0.4, -0.2) is 42.5 Å². The second-order valence-electron chi connectivity index (χ2n) is 8.06. The van der Waals surface area contributed by atoms with Crippen molar-refractivity contribution < 1.29 is 14.3 Å². The molecule has 1 heterocycles. The molecule has 138 valence electrons. The summed E-state index contributed by atoms with van der Waals surface area (Å²) in [5.74, 6) is 0.795. The molecule has 0 bridgehead atoms. The van der Waals surface area contributed by atoms with Crippen molar-refractivity contribution in [2.24, 2.45) is 5.41 Å². The number of likely N-dealkylation sites (tertiary alicyclic amines) is 1. The van der Waals surface area contributed by atoms with E-state index in [1.807, 2.05) is 36.1 Å². The molecule has 1 fully saturated rings. The molecule has 1 aromatic carbocycles. The first kappa shape index (κ1) is 19.3. The fourth-order valence-electron chi connectivity index (χ4n) is 2.89. The van der Waals surface area contributed by atoms with E-state index in [0.717, 1.165) is 18.4 Å². The highest BCUT2D eigenvalue weighted by Gasteiger charge is 2.26. The van der Waals surface area contributed by atoms with Crippen LogP contribution in [0.1, 0.15) is 45.6 Å². The first-order valence-corrected chi connectivity index (χ1v) is 8.99. The third-order valence-electron chi connectivity index (χ3n) is 4.29. The van der Waals surface area contributed by atoms with E-state index >= 15 is 0 Å². The van der Waals surface area contributed by atoms with Gasteiger partial charge in [-0.15, -0.1) is 0 Å². The molecule has 1 aliphatic heterocycles. The van der Waals surface area contributed by atoms with Gasteiger partial charge in [0.25, 0.3) is 5.91 Å². The first-order valence-electron chi connectivity index (χ1n) is 8.99. The lowest BCUT2D eigenvalue weighted by Gasteiger charge is -2.34. The molecular weight excluding hydrogens is 316 g/mol. The number of rotatable bonds is 5. The van der Waals surface area contributed by atoms with E-state index in [4.69, 9.17) is 4.74 Å². The van der Waals surface area contributed by atoms with E-state index < -0.39 is 0 Å². The third-order valence-corrected chi connectivity index (χ3v) is 4.29. The van der Waals surface area contributed by atoms with Gasteiger partial charge in [-0.1, -0.05) is 38.5 Å². The van der Waals surface area contributed by atoms with Gasteiger partial charge in [-0.05, 0) is 37.3 Å². The van der Waals surface area contributed by atoms with E-state index in [1.165, 1.54) is 0 Å². The first-order chi connectivity index (χ1) is 11.7. The van der Waals surface area contributed by atoms with Crippen molar-refractivity contribution in [2.45, 2.75) is 53.0 Å². The molecule has 0 spiro atoms. The fraction of sp³-hybridized carbons (Fsp3) is 0.600. The van der Waals surface area contributed by atoms with Gasteiger partial charge in [0.05, 0.1) is 0 Å². The Labute approximate surface area is 150 Å². The minimum atomic E-state index is -0.111. The van der Waals surface area contributed by atoms with E-state index in [-0.39, 0.29) is 29.9 Å². The minimum absolute atomic E-state index is 0.00939. The largest absolute Gasteiger partial charge is 0.484 e. The number of carbonyl (C=O) groups is 2. The highest BCUT2D eigenvalue weighted by molar-refractivity contribution is 5.78. The van der Waals surface area contributed by atoms with E-state index in [0.29, 0.717) is 25.3 Å². The number of nitrogens with zero attached hydrogens (tertiary/aromatic N) is 1. The summed E-state index contributed by atoms with van der Waals surface area (Å²) in [6.45, 7) is 9.67. The lowest BCUT2D eigenvalue weighted by Crippen LogP contribution is -2.48. The van der Waals surface area contributed by atoms with E-state index in [9.17, 15) is 9.59 Å². The number of amides is 2. The minimum Gasteiger partial charge on any atom is -0.484 e. The molecule has 5 nitrogen and oxygen atoms in total. The normalized spacial score (nSPS) is 15.8. The van der Waals surface area contributed by atoms with Crippen molar-refractivity contribution in [1.82, 2.24) is 10.2 Å². The molecule has 1 aromatic rings. The summed E-state index contributed by atoms with van der Waals surface area (Å²) in [7, 11) is 0. The predicted molar refractivity (Wildman–Crippen MR) is 98.5 cm³/mol. The van der Waals surface area contributed by atoms with Gasteiger partial charge >= 0.3 is 0 Å². The Bertz CT molecular complexity index is 582. The monoisotopic (exact) mass is 346 g/mol. The lowest BCUT2D eigenvalue weighted by molar-refractivity contribution is -0.134. The van der Waals surface area contributed by atoms with Gasteiger partial charge < -0.3 is 15.0 Å². The zero-order valence-electron chi connectivity index (χ0n) is 15.8. The van der Waals surface area contributed by atoms with Crippen LogP contribution in [0.4, 0.5) is 0 Å². The molecule has 0 aliphatic carbocycles. The topological polar surface area (TPSA) is 58.6 Å². The number of nitrogens with one attached hydrogen (secondary N) is 1. The van der Waals surface area contributed by atoms with Crippen molar-refractivity contribution in [3.63, 3.8) is 0 Å². The van der Waals surface area contributed by atoms with Crippen LogP contribution in [0.25, 0.3) is 0 Å². The van der Waals surface area contributed by atoms with Gasteiger partial charge in [0.2, 0.25) is 5.91 Å². The zero-order chi connectivity index (χ0) is 18.4. The van der Waals surface area contributed by atoms with E-state index in [1.54, 1.807) is 0 Å². The molecular formula is C20H30N2O3. The van der Waals surface area contributed by atoms with Crippen LogP contribution in [0.2, 0.25) is 0 Å². The van der Waals surface area contributed by atoms with Crippen molar-refractivity contribution >= 4 is 11.8 Å². The Balaban J connectivity index is 1.69. The summed E-state index contributed by atoms with van der Waals surface area (Å²) in [5, 5.41) is 3.01. The number of hydrogen-bond acceptors (Lipinski definition) is 3. The number of carbonyl (C=O) groups excluding carboxylic acids is 2. The molecule has 0 saturated carbocycles. The van der Waals surface area contributed by atoms with Crippen molar-refractivity contribution in [2.75, 3.05) is 19.7 Å². The van der Waals surface area contributed by atoms with Crippen LogP contribution in [-0.2, 0) is 9.59 Å². The maximum atomic E-state index is 12.2. The summed E-state index contributed by atoms with van der Waals surface area (Å²) in [4.78, 5) is 26.2. The predicted octanol–water partition coefficient (Wildman–Crippen LogP) is 2.92. The average molecular weight is 346 g/mol. The molecule has 0 aromatic heterocycles. The lowest BCUT2D eigenvalue weighted by atomic mass is 9.91. The van der Waals surface area contributed by atoms with Crippen LogP contribution in [0, 0.1) is 12.3 Å². The van der Waals surface area contributed by atoms with E-state index in [2.05, 4.69) is 26.1 Å². The summed E-state index contributed by atoms with van der Waals surface area (Å²) in [6.07, 6.45) is 2.16. The highest BCUT2D eigenvalue weighted by atomic mass is 16.5. The third kappa shape index (κ3) is 6.77. The number of aryl methyl sites for hydroxylation is 1. The Hall–Kier alpha value is -2.04. The van der Waals surface area contributed by atoms with Crippen molar-refractivity contribution in [1.29, 1.82) is 0 Å². The second-order valence-corrected chi connectivity index (χ2v) is 8.06. The maximum Gasteiger partial charge on any atom is 0.258 e. The second kappa shape index (κ2) is 8.37. The molecule has 1 N–H and O–H groups in total. The Morgan fingerprint density at radius 2 is 1.76 bits per heavy atom. The number of piperidine rings is 1. The van der Waals surface area contributed by atoms with Gasteiger partial charge in [-0.2, -0.15) is 0 Å². The number of hydrogen-bond donors (Lipinski definition) is 1. The zero-order valence-corrected chi connectivity index (χ0v) is 15.8. The maximum absolute atomic E-state index is 12.2. The fourth-order valence-corrected chi connectivity index (χ4v) is 2.89. The van der Waals surface area contributed by atoms with Crippen LogP contribution < -0.4 is 10.1 Å². The quantitative estimate of drug-likeness (QED) is 0.892. The van der Waals surface area contributed by atoms with Crippen molar-refractivity contribution in [3.8, 4) is 5.75 Å². The summed E-state index contributed by atoms with van der Waals surface area (Å²) in [6, 6.07) is 7.76. The Morgan fingerprint density at radius 3 is 2.32 bits per heavy atom. The molecule has 1 aliphatic rings. The summed E-state index contributed by atoms with van der Waals surface area (Å²) >= 11 is 0. The van der Waals surface area contributed by atoms with Gasteiger partial charge in [0.1, 0.15) is 5.75 Å². The van der Waals surface area contributed by atoms with Crippen LogP contribution in [0.5, 0.6) is 5.75 Å². The van der Waals surface area contributed by atoms with Crippen LogP contribution in [0.3, 0.4) is 0 Å². The van der Waals surface area contributed by atoms with Gasteiger partial charge in [0.15, 0.2) is 6.61 Å². The van der Waals surface area contributed by atoms with Gasteiger partial charge in [-0.3, -0.25) is 9.59 Å². The molecule has 0 atom stereocenters. The SMILES string of the molecule is Cc1ccc(OCC(=O)NC2CCN(C(=O)CC(C)(C)C)CC2)cc1. The molecule has 2 amide bonds. The summed E-state index contributed by atoms with van der Waals surface area (Å²) in [5.41, 5.74) is 1.17. The standard InChI is InChI=1S/C20H30N2O3/c1-15-5-7-17(8-6-15)25-14-18(23)21-16-9-11-22(12-10-16)19(24)13-20(2,3)4/h5-8,16H,9-14H2,1-4H3,(H,21,23). The van der Waals surface area contributed by atoms with Crippen molar-refractivity contribution in [3.05, 3.63) is 29.8 Å². The average Bonchev–Trinajstić information content (AvgIpc) is 2.53. The van der Waals surface area contributed by atoms with Crippen LogP contribution >= 0.6 is 0 Å². The summed E-state index contributed by atoms with van der Waals surface area (Å²) < 4.78 is 5.50. The number of benzene rings is 1. The molecule has 25 heavy (non-hydrogen) atoms. The molecule has 0 radical (unpaired) electrons. The molecule has 1 saturated heterocycles. The Morgan fingerprint density at radius 1 is 1.16 bits per heavy atom. The molecule has 0 unspecified atom stereocenters.